The molecule has 8 heteroatoms. The Kier molecular flexibility index (Phi) is 4.35. The molecule has 5 nitrogen and oxygen atoms in total. The summed E-state index contributed by atoms with van der Waals surface area (Å²) >= 11 is 0. The maximum absolute atomic E-state index is 12.7. The Balaban J connectivity index is 1.87. The summed E-state index contributed by atoms with van der Waals surface area (Å²) in [5.41, 5.74) is -0.714. The number of hydrogen-bond donors (Lipinski definition) is 2. The van der Waals surface area contributed by atoms with E-state index in [4.69, 9.17) is 5.11 Å². The van der Waals surface area contributed by atoms with E-state index >= 15 is 0 Å². The average Bonchev–Trinajstić information content (AvgIpc) is 3.36. The van der Waals surface area contributed by atoms with Crippen molar-refractivity contribution >= 4 is 17.6 Å². The fourth-order valence-electron chi connectivity index (χ4n) is 2.80. The molecule has 1 aliphatic rings. The van der Waals surface area contributed by atoms with Gasteiger partial charge in [-0.2, -0.15) is 0 Å². The second kappa shape index (κ2) is 6.36. The van der Waals surface area contributed by atoms with E-state index < -0.39 is 29.4 Å². The lowest BCUT2D eigenvalue weighted by Gasteiger charge is -2.20. The quantitative estimate of drug-likeness (QED) is 0.841. The molecule has 0 heterocycles. The zero-order valence-electron chi connectivity index (χ0n) is 13.3. The largest absolute Gasteiger partial charge is 0.573 e. The minimum Gasteiger partial charge on any atom is -0.478 e. The molecule has 3 rings (SSSR count). The Bertz CT molecular complexity index is 860. The number of amides is 1. The number of carboxylic acid groups (broad SMARTS) is 1. The van der Waals surface area contributed by atoms with Crippen LogP contribution in [0.3, 0.4) is 0 Å². The van der Waals surface area contributed by atoms with Crippen LogP contribution >= 0.6 is 0 Å². The van der Waals surface area contributed by atoms with Gasteiger partial charge in [-0.05, 0) is 37.1 Å². The second-order valence-electron chi connectivity index (χ2n) is 5.97. The zero-order valence-corrected chi connectivity index (χ0v) is 13.3. The van der Waals surface area contributed by atoms with Gasteiger partial charge in [-0.3, -0.25) is 4.79 Å². The summed E-state index contributed by atoms with van der Waals surface area (Å²) in [6.07, 6.45) is -4.12. The molecular weight excluding hydrogens is 351 g/mol. The highest BCUT2D eigenvalue weighted by atomic mass is 19.4. The van der Waals surface area contributed by atoms with E-state index in [9.17, 15) is 22.8 Å². The fourth-order valence-corrected chi connectivity index (χ4v) is 2.80. The summed E-state index contributed by atoms with van der Waals surface area (Å²) in [4.78, 5) is 23.7. The highest BCUT2D eigenvalue weighted by Gasteiger charge is 2.53. The second-order valence-corrected chi connectivity index (χ2v) is 5.97. The number of nitrogens with one attached hydrogen (secondary N) is 1. The molecule has 0 radical (unpaired) electrons. The van der Waals surface area contributed by atoms with Crippen LogP contribution in [-0.2, 0) is 10.2 Å². The van der Waals surface area contributed by atoms with Gasteiger partial charge in [0.25, 0.3) is 0 Å². The van der Waals surface area contributed by atoms with Gasteiger partial charge in [-0.1, -0.05) is 24.3 Å². The highest BCUT2D eigenvalue weighted by Crippen LogP contribution is 2.52. The van der Waals surface area contributed by atoms with Crippen molar-refractivity contribution in [1.29, 1.82) is 0 Å². The molecule has 136 valence electrons. The van der Waals surface area contributed by atoms with E-state index in [1.807, 2.05) is 0 Å². The minimum atomic E-state index is -4.86. The third-order valence-electron chi connectivity index (χ3n) is 4.18. The predicted molar refractivity (Wildman–Crippen MR) is 86.1 cm³/mol. The van der Waals surface area contributed by atoms with Crippen LogP contribution in [0.5, 0.6) is 5.75 Å². The van der Waals surface area contributed by atoms with Crippen molar-refractivity contribution < 1.29 is 32.6 Å². The number of carbonyl (C=O) groups excluding carboxylic acids is 1. The van der Waals surface area contributed by atoms with E-state index in [1.54, 1.807) is 0 Å². The summed E-state index contributed by atoms with van der Waals surface area (Å²) in [5, 5.41) is 11.6. The molecule has 1 saturated carbocycles. The number of alkyl halides is 3. The molecule has 0 aliphatic heterocycles. The first-order chi connectivity index (χ1) is 12.2. The van der Waals surface area contributed by atoms with Crippen LogP contribution in [0.1, 0.15) is 28.8 Å². The molecule has 0 bridgehead atoms. The molecule has 0 atom stereocenters. The minimum absolute atomic E-state index is 0.00606. The Morgan fingerprint density at radius 1 is 1.08 bits per heavy atom. The normalized spacial score (nSPS) is 15.2. The SMILES string of the molecule is O=C(O)c1cccc(NC(=O)C2(c3ccccc3OC(F)(F)F)CC2)c1. The molecule has 0 unspecified atom stereocenters. The van der Waals surface area contributed by atoms with Crippen LogP contribution in [0.25, 0.3) is 0 Å². The lowest BCUT2D eigenvalue weighted by Crippen LogP contribution is -2.29. The number of halogens is 3. The Morgan fingerprint density at radius 3 is 2.38 bits per heavy atom. The number of carbonyl (C=O) groups is 2. The number of carboxylic acids is 1. The molecular formula is C18H14F3NO4. The lowest BCUT2D eigenvalue weighted by molar-refractivity contribution is -0.275. The summed E-state index contributed by atoms with van der Waals surface area (Å²) in [5.74, 6) is -2.06. The van der Waals surface area contributed by atoms with Crippen LogP contribution in [0.2, 0.25) is 0 Å². The van der Waals surface area contributed by atoms with Gasteiger partial charge in [-0.25, -0.2) is 4.79 Å². The van der Waals surface area contributed by atoms with Crippen LogP contribution in [0, 0.1) is 0 Å². The first kappa shape index (κ1) is 17.8. The number of rotatable bonds is 5. The van der Waals surface area contributed by atoms with Crippen LogP contribution in [-0.4, -0.2) is 23.3 Å². The third-order valence-corrected chi connectivity index (χ3v) is 4.18. The van der Waals surface area contributed by atoms with Crippen molar-refractivity contribution in [2.45, 2.75) is 24.6 Å². The van der Waals surface area contributed by atoms with Crippen LogP contribution in [0.15, 0.2) is 48.5 Å². The van der Waals surface area contributed by atoms with Crippen molar-refractivity contribution in [2.24, 2.45) is 0 Å². The van der Waals surface area contributed by atoms with E-state index in [0.717, 1.165) is 0 Å². The molecule has 0 spiro atoms. The number of para-hydroxylation sites is 1. The number of benzene rings is 2. The van der Waals surface area contributed by atoms with Crippen molar-refractivity contribution in [2.75, 3.05) is 5.32 Å². The molecule has 1 aliphatic carbocycles. The van der Waals surface area contributed by atoms with Crippen molar-refractivity contribution in [3.05, 3.63) is 59.7 Å². The maximum Gasteiger partial charge on any atom is 0.573 e. The highest BCUT2D eigenvalue weighted by molar-refractivity contribution is 6.02. The number of anilines is 1. The summed E-state index contributed by atoms with van der Waals surface area (Å²) in [7, 11) is 0. The van der Waals surface area contributed by atoms with Gasteiger partial charge in [0.05, 0.1) is 11.0 Å². The van der Waals surface area contributed by atoms with Crippen LogP contribution in [0.4, 0.5) is 18.9 Å². The van der Waals surface area contributed by atoms with E-state index in [2.05, 4.69) is 10.1 Å². The number of aromatic carboxylic acids is 1. The number of hydrogen-bond acceptors (Lipinski definition) is 3. The maximum atomic E-state index is 12.7. The van der Waals surface area contributed by atoms with E-state index in [-0.39, 0.29) is 16.8 Å². The van der Waals surface area contributed by atoms with Gasteiger partial charge in [0.2, 0.25) is 5.91 Å². The van der Waals surface area contributed by atoms with Gasteiger partial charge >= 0.3 is 12.3 Å². The molecule has 0 aromatic heterocycles. The standard InChI is InChI=1S/C18H14F3NO4/c19-18(20,21)26-14-7-2-1-6-13(14)17(8-9-17)16(25)22-12-5-3-4-11(10-12)15(23)24/h1-7,10H,8-9H2,(H,22,25)(H,23,24). The first-order valence-electron chi connectivity index (χ1n) is 7.71. The van der Waals surface area contributed by atoms with Gasteiger partial charge in [0, 0.05) is 11.3 Å². The Morgan fingerprint density at radius 2 is 1.77 bits per heavy atom. The number of ether oxygens (including phenoxy) is 1. The van der Waals surface area contributed by atoms with E-state index in [0.29, 0.717) is 12.8 Å². The lowest BCUT2D eigenvalue weighted by atomic mass is 9.93. The molecule has 2 N–H and O–H groups in total. The van der Waals surface area contributed by atoms with E-state index in [1.165, 1.54) is 48.5 Å². The predicted octanol–water partition coefficient (Wildman–Crippen LogP) is 3.95. The first-order valence-corrected chi connectivity index (χ1v) is 7.71. The fraction of sp³-hybridized carbons (Fsp3) is 0.222. The molecule has 0 saturated heterocycles. The van der Waals surface area contributed by atoms with Gasteiger partial charge in [0.15, 0.2) is 0 Å². The smallest absolute Gasteiger partial charge is 0.478 e. The van der Waals surface area contributed by atoms with Crippen molar-refractivity contribution in [3.8, 4) is 5.75 Å². The van der Waals surface area contributed by atoms with Crippen molar-refractivity contribution in [1.82, 2.24) is 0 Å². The van der Waals surface area contributed by atoms with Crippen molar-refractivity contribution in [3.63, 3.8) is 0 Å². The zero-order chi connectivity index (χ0) is 18.9. The Labute approximate surface area is 146 Å². The monoisotopic (exact) mass is 365 g/mol. The Hall–Kier alpha value is -3.03. The van der Waals surface area contributed by atoms with Gasteiger partial charge < -0.3 is 15.2 Å². The molecule has 1 fully saturated rings. The molecule has 2 aromatic rings. The molecule has 2 aromatic carbocycles. The summed E-state index contributed by atoms with van der Waals surface area (Å²) in [6.45, 7) is 0. The topological polar surface area (TPSA) is 75.6 Å². The van der Waals surface area contributed by atoms with Crippen LogP contribution < -0.4 is 10.1 Å². The van der Waals surface area contributed by atoms with Gasteiger partial charge in [-0.15, -0.1) is 13.2 Å². The molecule has 26 heavy (non-hydrogen) atoms. The third kappa shape index (κ3) is 3.63. The summed E-state index contributed by atoms with van der Waals surface area (Å²) in [6, 6.07) is 11.2. The van der Waals surface area contributed by atoms with Gasteiger partial charge in [0.1, 0.15) is 5.75 Å². The summed E-state index contributed by atoms with van der Waals surface area (Å²) < 4.78 is 41.9. The average molecular weight is 365 g/mol. The molecule has 1 amide bonds.